The molecule has 1 saturated heterocycles. The lowest BCUT2D eigenvalue weighted by Crippen LogP contribution is -2.49. The number of hydrogen-bond donors (Lipinski definition) is 0. The van der Waals surface area contributed by atoms with Gasteiger partial charge in [0, 0.05) is 43.3 Å². The molecular weight excluding hydrogens is 351 g/mol. The van der Waals surface area contributed by atoms with E-state index in [1.807, 2.05) is 30.0 Å². The average Bonchev–Trinajstić information content (AvgIpc) is 2.64. The summed E-state index contributed by atoms with van der Waals surface area (Å²) in [4.78, 5) is 16.8. The molecule has 2 aromatic rings. The Bertz CT molecular complexity index is 770. The maximum atomic E-state index is 13.0. The second kappa shape index (κ2) is 8.09. The van der Waals surface area contributed by atoms with Crippen molar-refractivity contribution in [3.8, 4) is 0 Å². The first kappa shape index (κ1) is 18.7. The number of benzene rings is 2. The molecule has 1 aliphatic rings. The molecule has 1 unspecified atom stereocenters. The average molecular weight is 375 g/mol. The molecule has 3 nitrogen and oxygen atoms in total. The molecule has 0 aliphatic carbocycles. The Hall–Kier alpha value is -2.07. The van der Waals surface area contributed by atoms with Crippen LogP contribution in [0.25, 0.3) is 0 Å². The zero-order valence-electron chi connectivity index (χ0n) is 15.2. The summed E-state index contributed by atoms with van der Waals surface area (Å²) in [6, 6.07) is 12.3. The van der Waals surface area contributed by atoms with E-state index >= 15 is 0 Å². The van der Waals surface area contributed by atoms with Gasteiger partial charge < -0.3 is 9.80 Å². The minimum Gasteiger partial charge on any atom is -0.368 e. The van der Waals surface area contributed by atoms with Crippen LogP contribution in [-0.2, 0) is 4.79 Å². The predicted molar refractivity (Wildman–Crippen MR) is 104 cm³/mol. The maximum Gasteiger partial charge on any atom is 0.223 e. The van der Waals surface area contributed by atoms with Crippen molar-refractivity contribution in [1.82, 2.24) is 4.90 Å². The highest BCUT2D eigenvalue weighted by Gasteiger charge is 2.23. The van der Waals surface area contributed by atoms with Gasteiger partial charge in [-0.1, -0.05) is 36.7 Å². The zero-order valence-corrected chi connectivity index (χ0v) is 16.0. The fourth-order valence-electron chi connectivity index (χ4n) is 3.42. The summed E-state index contributed by atoms with van der Waals surface area (Å²) in [5.74, 6) is -0.0136. The number of hydrogen-bond acceptors (Lipinski definition) is 2. The lowest BCUT2D eigenvalue weighted by atomic mass is 9.97. The number of carbonyl (C=O) groups excluding carboxylic acids is 1. The van der Waals surface area contributed by atoms with Crippen molar-refractivity contribution in [2.45, 2.75) is 26.2 Å². The topological polar surface area (TPSA) is 23.6 Å². The van der Waals surface area contributed by atoms with E-state index in [0.29, 0.717) is 19.5 Å². The number of piperazine rings is 1. The van der Waals surface area contributed by atoms with Gasteiger partial charge in [0.2, 0.25) is 5.91 Å². The highest BCUT2D eigenvalue weighted by Crippen LogP contribution is 2.26. The number of carbonyl (C=O) groups is 1. The van der Waals surface area contributed by atoms with Gasteiger partial charge in [-0.25, -0.2) is 4.39 Å². The molecule has 1 heterocycles. The molecule has 0 radical (unpaired) electrons. The molecule has 1 amide bonds. The van der Waals surface area contributed by atoms with Crippen LogP contribution in [0.5, 0.6) is 0 Å². The van der Waals surface area contributed by atoms with Gasteiger partial charge in [-0.15, -0.1) is 0 Å². The van der Waals surface area contributed by atoms with E-state index < -0.39 is 0 Å². The monoisotopic (exact) mass is 374 g/mol. The molecule has 5 heteroatoms. The second-order valence-electron chi connectivity index (χ2n) is 6.96. The fraction of sp³-hybridized carbons (Fsp3) is 0.381. The van der Waals surface area contributed by atoms with Crippen LogP contribution in [0.15, 0.2) is 42.5 Å². The van der Waals surface area contributed by atoms with Crippen molar-refractivity contribution >= 4 is 23.2 Å². The van der Waals surface area contributed by atoms with E-state index in [1.54, 1.807) is 12.1 Å². The highest BCUT2D eigenvalue weighted by molar-refractivity contribution is 6.30. The molecule has 0 spiro atoms. The minimum absolute atomic E-state index is 0.0799. The molecule has 2 aromatic carbocycles. The first-order valence-corrected chi connectivity index (χ1v) is 9.36. The number of halogens is 2. The summed E-state index contributed by atoms with van der Waals surface area (Å²) < 4.78 is 13.0. The van der Waals surface area contributed by atoms with E-state index in [9.17, 15) is 9.18 Å². The highest BCUT2D eigenvalue weighted by atomic mass is 35.5. The van der Waals surface area contributed by atoms with Gasteiger partial charge in [0.1, 0.15) is 5.82 Å². The van der Waals surface area contributed by atoms with Crippen LogP contribution in [0.3, 0.4) is 0 Å². The van der Waals surface area contributed by atoms with Gasteiger partial charge in [-0.3, -0.25) is 4.79 Å². The number of rotatable bonds is 4. The lowest BCUT2D eigenvalue weighted by Gasteiger charge is -2.37. The Kier molecular flexibility index (Phi) is 5.82. The van der Waals surface area contributed by atoms with Crippen LogP contribution in [0.1, 0.15) is 30.4 Å². The molecule has 0 N–H and O–H groups in total. The van der Waals surface area contributed by atoms with E-state index in [1.165, 1.54) is 17.7 Å². The maximum absolute atomic E-state index is 13.0. The molecule has 3 rings (SSSR count). The third-order valence-corrected chi connectivity index (χ3v) is 5.30. The molecule has 138 valence electrons. The van der Waals surface area contributed by atoms with Crippen LogP contribution >= 0.6 is 11.6 Å². The van der Waals surface area contributed by atoms with Gasteiger partial charge in [0.25, 0.3) is 0 Å². The quantitative estimate of drug-likeness (QED) is 0.779. The van der Waals surface area contributed by atoms with Crippen molar-refractivity contribution in [3.63, 3.8) is 0 Å². The van der Waals surface area contributed by atoms with Gasteiger partial charge >= 0.3 is 0 Å². The molecule has 0 aromatic heterocycles. The van der Waals surface area contributed by atoms with E-state index in [2.05, 4.69) is 11.8 Å². The molecule has 26 heavy (non-hydrogen) atoms. The van der Waals surface area contributed by atoms with E-state index in [0.717, 1.165) is 29.4 Å². The Labute approximate surface area is 159 Å². The predicted octanol–water partition coefficient (Wildman–Crippen LogP) is 4.63. The minimum atomic E-state index is -0.250. The van der Waals surface area contributed by atoms with Crippen LogP contribution in [0.4, 0.5) is 10.1 Å². The van der Waals surface area contributed by atoms with Gasteiger partial charge in [0.15, 0.2) is 0 Å². The van der Waals surface area contributed by atoms with Crippen LogP contribution in [0, 0.1) is 12.7 Å². The summed E-state index contributed by atoms with van der Waals surface area (Å²) in [5, 5.41) is 0.734. The Balaban J connectivity index is 1.56. The molecule has 1 aliphatic heterocycles. The van der Waals surface area contributed by atoms with E-state index in [4.69, 9.17) is 11.6 Å². The summed E-state index contributed by atoms with van der Waals surface area (Å²) in [6.45, 7) is 7.11. The standard InChI is InChI=1S/C21H24ClFN2O/c1-15-3-6-18(22)14-20(15)24-9-11-25(12-10-24)21(26)13-16(2)17-4-7-19(23)8-5-17/h3-8,14,16H,9-13H2,1-2H3. The Morgan fingerprint density at radius 2 is 1.77 bits per heavy atom. The summed E-state index contributed by atoms with van der Waals surface area (Å²) in [7, 11) is 0. The largest absolute Gasteiger partial charge is 0.368 e. The second-order valence-corrected chi connectivity index (χ2v) is 7.39. The lowest BCUT2D eigenvalue weighted by molar-refractivity contribution is -0.131. The normalized spacial score (nSPS) is 15.8. The van der Waals surface area contributed by atoms with Gasteiger partial charge in [-0.2, -0.15) is 0 Å². The van der Waals surface area contributed by atoms with Gasteiger partial charge in [-0.05, 0) is 48.2 Å². The number of nitrogens with zero attached hydrogens (tertiary/aromatic N) is 2. The smallest absolute Gasteiger partial charge is 0.223 e. The molecule has 1 fully saturated rings. The number of aryl methyl sites for hydroxylation is 1. The fourth-order valence-corrected chi connectivity index (χ4v) is 3.59. The van der Waals surface area contributed by atoms with Crippen molar-refractivity contribution in [3.05, 3.63) is 64.4 Å². The van der Waals surface area contributed by atoms with Gasteiger partial charge in [0.05, 0.1) is 0 Å². The summed E-state index contributed by atoms with van der Waals surface area (Å²) in [5.41, 5.74) is 3.33. The summed E-state index contributed by atoms with van der Waals surface area (Å²) in [6.07, 6.45) is 0.446. The van der Waals surface area contributed by atoms with Crippen LogP contribution in [-0.4, -0.2) is 37.0 Å². The van der Waals surface area contributed by atoms with Crippen molar-refractivity contribution in [2.24, 2.45) is 0 Å². The van der Waals surface area contributed by atoms with Crippen molar-refractivity contribution in [1.29, 1.82) is 0 Å². The Morgan fingerprint density at radius 3 is 2.42 bits per heavy atom. The molecule has 0 saturated carbocycles. The molecular formula is C21H24ClFN2O. The van der Waals surface area contributed by atoms with Crippen molar-refractivity contribution in [2.75, 3.05) is 31.1 Å². The van der Waals surface area contributed by atoms with E-state index in [-0.39, 0.29) is 17.6 Å². The van der Waals surface area contributed by atoms with Crippen LogP contribution < -0.4 is 4.90 Å². The molecule has 1 atom stereocenters. The SMILES string of the molecule is Cc1ccc(Cl)cc1N1CCN(C(=O)CC(C)c2ccc(F)cc2)CC1. The first-order valence-electron chi connectivity index (χ1n) is 8.98. The third-order valence-electron chi connectivity index (χ3n) is 5.06. The van der Waals surface area contributed by atoms with Crippen molar-refractivity contribution < 1.29 is 9.18 Å². The molecule has 0 bridgehead atoms. The number of amides is 1. The Morgan fingerprint density at radius 1 is 1.12 bits per heavy atom. The summed E-state index contributed by atoms with van der Waals surface area (Å²) >= 11 is 6.13. The zero-order chi connectivity index (χ0) is 18.7. The van der Waals surface area contributed by atoms with Crippen LogP contribution in [0.2, 0.25) is 5.02 Å². The third kappa shape index (κ3) is 4.36. The number of anilines is 1. The first-order chi connectivity index (χ1) is 12.4.